The average Bonchev–Trinajstić information content (AvgIpc) is 2.91. The molecule has 0 saturated carbocycles. The molecule has 3 nitrogen and oxygen atoms in total. The molecule has 0 fully saturated rings. The van der Waals surface area contributed by atoms with Crippen LogP contribution in [0.2, 0.25) is 0 Å². The molecule has 0 atom stereocenters. The maximum Gasteiger partial charge on any atom is 0.164 e. The van der Waals surface area contributed by atoms with E-state index in [2.05, 4.69) is 45.0 Å². The molecule has 1 heterocycles. The van der Waals surface area contributed by atoms with Gasteiger partial charge in [0.1, 0.15) is 12.4 Å². The molecule has 2 rings (SSSR count). The number of hydrogen-bond donors (Lipinski definition) is 0. The first-order valence-corrected chi connectivity index (χ1v) is 8.57. The maximum atomic E-state index is 11.8. The smallest absolute Gasteiger partial charge is 0.164 e. The van der Waals surface area contributed by atoms with Gasteiger partial charge in [-0.15, -0.1) is 11.3 Å². The molecule has 124 valence electrons. The summed E-state index contributed by atoms with van der Waals surface area (Å²) in [6.07, 6.45) is 0. The number of methoxy groups -OCH3 is 1. The number of thiophene rings is 1. The zero-order valence-corrected chi connectivity index (χ0v) is 15.3. The third-order valence-electron chi connectivity index (χ3n) is 3.67. The number of hydrogen-bond acceptors (Lipinski definition) is 4. The highest BCUT2D eigenvalue weighted by Crippen LogP contribution is 2.40. The van der Waals surface area contributed by atoms with Gasteiger partial charge in [0.15, 0.2) is 5.78 Å². The molecule has 0 saturated heterocycles. The molecule has 23 heavy (non-hydrogen) atoms. The molecular formula is C19H24O3S. The summed E-state index contributed by atoms with van der Waals surface area (Å²) < 4.78 is 10.9. The Bertz CT molecular complexity index is 663. The van der Waals surface area contributed by atoms with E-state index in [1.807, 2.05) is 5.38 Å². The summed E-state index contributed by atoms with van der Waals surface area (Å²) >= 11 is 1.54. The topological polar surface area (TPSA) is 35.5 Å². The molecule has 2 aromatic rings. The molecule has 0 radical (unpaired) electrons. The van der Waals surface area contributed by atoms with Crippen LogP contribution in [0.5, 0.6) is 5.75 Å². The van der Waals surface area contributed by atoms with Crippen LogP contribution in [0.4, 0.5) is 0 Å². The van der Waals surface area contributed by atoms with Crippen LogP contribution in [0.1, 0.15) is 43.6 Å². The van der Waals surface area contributed by atoms with Crippen molar-refractivity contribution >= 4 is 17.1 Å². The second kappa shape index (κ2) is 7.28. The van der Waals surface area contributed by atoms with Crippen LogP contribution in [0, 0.1) is 0 Å². The number of benzene rings is 1. The monoisotopic (exact) mass is 332 g/mol. The van der Waals surface area contributed by atoms with Crippen molar-refractivity contribution in [1.29, 1.82) is 0 Å². The van der Waals surface area contributed by atoms with Crippen LogP contribution in [0.25, 0.3) is 10.4 Å². The van der Waals surface area contributed by atoms with E-state index in [4.69, 9.17) is 9.47 Å². The summed E-state index contributed by atoms with van der Waals surface area (Å²) in [5, 5.41) is 1.87. The summed E-state index contributed by atoms with van der Waals surface area (Å²) in [6, 6.07) is 8.47. The Morgan fingerprint density at radius 3 is 2.30 bits per heavy atom. The highest BCUT2D eigenvalue weighted by Gasteiger charge is 2.19. The van der Waals surface area contributed by atoms with Gasteiger partial charge in [-0.1, -0.05) is 45.0 Å². The van der Waals surface area contributed by atoms with Crippen LogP contribution in [-0.4, -0.2) is 26.1 Å². The largest absolute Gasteiger partial charge is 0.489 e. The predicted molar refractivity (Wildman–Crippen MR) is 95.8 cm³/mol. The lowest BCUT2D eigenvalue weighted by Crippen LogP contribution is -2.10. The first-order chi connectivity index (χ1) is 10.8. The number of rotatable bonds is 6. The van der Waals surface area contributed by atoms with E-state index in [0.29, 0.717) is 24.5 Å². The molecule has 0 bridgehead atoms. The fourth-order valence-electron chi connectivity index (χ4n) is 2.28. The molecule has 4 heteroatoms. The summed E-state index contributed by atoms with van der Waals surface area (Å²) in [4.78, 5) is 12.8. The molecule has 0 amide bonds. The van der Waals surface area contributed by atoms with E-state index in [1.165, 1.54) is 5.56 Å². The van der Waals surface area contributed by atoms with Gasteiger partial charge >= 0.3 is 0 Å². The van der Waals surface area contributed by atoms with Crippen molar-refractivity contribution in [3.8, 4) is 16.2 Å². The van der Waals surface area contributed by atoms with Crippen LogP contribution < -0.4 is 4.74 Å². The van der Waals surface area contributed by atoms with Crippen molar-refractivity contribution in [2.45, 2.75) is 33.1 Å². The fourth-order valence-corrected chi connectivity index (χ4v) is 3.34. The Hall–Kier alpha value is -1.65. The Morgan fingerprint density at radius 1 is 1.13 bits per heavy atom. The predicted octanol–water partition coefficient (Wildman–Crippen LogP) is 4.94. The molecule has 0 aliphatic carbocycles. The van der Waals surface area contributed by atoms with Gasteiger partial charge in [0.2, 0.25) is 0 Å². The summed E-state index contributed by atoms with van der Waals surface area (Å²) in [6.45, 7) is 9.08. The summed E-state index contributed by atoms with van der Waals surface area (Å²) in [5.41, 5.74) is 3.12. The van der Waals surface area contributed by atoms with E-state index < -0.39 is 0 Å². The van der Waals surface area contributed by atoms with Crippen molar-refractivity contribution in [3.63, 3.8) is 0 Å². The van der Waals surface area contributed by atoms with Crippen LogP contribution in [0.15, 0.2) is 29.6 Å². The van der Waals surface area contributed by atoms with E-state index in [-0.39, 0.29) is 11.2 Å². The minimum absolute atomic E-state index is 0.0197. The normalized spacial score (nSPS) is 11.5. The lowest BCUT2D eigenvalue weighted by Gasteiger charge is -2.19. The zero-order valence-electron chi connectivity index (χ0n) is 14.4. The van der Waals surface area contributed by atoms with Crippen LogP contribution in [0.3, 0.4) is 0 Å². The van der Waals surface area contributed by atoms with E-state index in [1.54, 1.807) is 25.4 Å². The maximum absolute atomic E-state index is 11.8. The van der Waals surface area contributed by atoms with Crippen molar-refractivity contribution in [2.24, 2.45) is 0 Å². The van der Waals surface area contributed by atoms with Crippen molar-refractivity contribution in [1.82, 2.24) is 0 Å². The first kappa shape index (κ1) is 17.7. The quantitative estimate of drug-likeness (QED) is 0.555. The first-order valence-electron chi connectivity index (χ1n) is 7.69. The minimum Gasteiger partial charge on any atom is -0.489 e. The molecule has 1 aromatic carbocycles. The number of Topliss-reactive ketones (excluding diaryl/α,β-unsaturated/α-hetero) is 1. The molecular weight excluding hydrogens is 308 g/mol. The second-order valence-electron chi connectivity index (χ2n) is 6.53. The molecule has 1 aromatic heterocycles. The Kier molecular flexibility index (Phi) is 5.60. The average molecular weight is 332 g/mol. The van der Waals surface area contributed by atoms with Crippen molar-refractivity contribution in [3.05, 3.63) is 40.8 Å². The van der Waals surface area contributed by atoms with E-state index in [9.17, 15) is 4.79 Å². The lowest BCUT2D eigenvalue weighted by atomic mass is 9.86. The van der Waals surface area contributed by atoms with E-state index >= 15 is 0 Å². The van der Waals surface area contributed by atoms with E-state index in [0.717, 1.165) is 10.4 Å². The SMILES string of the molecule is COCCOc1c(C(C)=O)csc1-c1ccc(C(C)(C)C)cc1. The lowest BCUT2D eigenvalue weighted by molar-refractivity contribution is 0.101. The molecule has 0 N–H and O–H groups in total. The van der Waals surface area contributed by atoms with Crippen molar-refractivity contribution < 1.29 is 14.3 Å². The van der Waals surface area contributed by atoms with Crippen LogP contribution in [-0.2, 0) is 10.2 Å². The van der Waals surface area contributed by atoms with Gasteiger partial charge in [-0.25, -0.2) is 0 Å². The molecule has 0 spiro atoms. The van der Waals surface area contributed by atoms with Gasteiger partial charge in [-0.3, -0.25) is 4.79 Å². The summed E-state index contributed by atoms with van der Waals surface area (Å²) in [7, 11) is 1.63. The number of carbonyl (C=O) groups is 1. The minimum atomic E-state index is 0.0197. The Balaban J connectivity index is 2.36. The zero-order chi connectivity index (χ0) is 17.0. The van der Waals surface area contributed by atoms with Crippen molar-refractivity contribution in [2.75, 3.05) is 20.3 Å². The third-order valence-corrected chi connectivity index (χ3v) is 4.68. The number of carbonyl (C=O) groups excluding carboxylic acids is 1. The Labute approximate surface area is 142 Å². The summed E-state index contributed by atoms with van der Waals surface area (Å²) in [5.74, 6) is 0.689. The van der Waals surface area contributed by atoms with Gasteiger partial charge in [0.25, 0.3) is 0 Å². The highest BCUT2D eigenvalue weighted by atomic mass is 32.1. The number of ether oxygens (including phenoxy) is 2. The van der Waals surface area contributed by atoms with Gasteiger partial charge in [-0.2, -0.15) is 0 Å². The number of ketones is 1. The molecule has 0 aliphatic heterocycles. The molecule has 0 aliphatic rings. The highest BCUT2D eigenvalue weighted by molar-refractivity contribution is 7.14. The Morgan fingerprint density at radius 2 is 1.78 bits per heavy atom. The van der Waals surface area contributed by atoms with Gasteiger partial charge in [0, 0.05) is 12.5 Å². The fraction of sp³-hybridized carbons (Fsp3) is 0.421. The third kappa shape index (κ3) is 4.21. The van der Waals surface area contributed by atoms with Crippen LogP contribution >= 0.6 is 11.3 Å². The van der Waals surface area contributed by atoms with Gasteiger partial charge < -0.3 is 9.47 Å². The van der Waals surface area contributed by atoms with Gasteiger partial charge in [-0.05, 0) is 23.5 Å². The van der Waals surface area contributed by atoms with Gasteiger partial charge in [0.05, 0.1) is 17.0 Å². The standard InChI is InChI=1S/C19H24O3S/c1-13(20)16-12-23-18(17(16)22-11-10-21-5)14-6-8-15(9-7-14)19(2,3)4/h6-9,12H,10-11H2,1-5H3. The second-order valence-corrected chi connectivity index (χ2v) is 7.41. The molecule has 0 unspecified atom stereocenters.